The molecule has 2 N–H and O–H groups in total. The Kier molecular flexibility index (Phi) is 3.75. The average molecular weight is 260 g/mol. The second-order valence-electron chi connectivity index (χ2n) is 4.43. The molecule has 0 saturated heterocycles. The summed E-state index contributed by atoms with van der Waals surface area (Å²) in [5.74, 6) is 0. The third kappa shape index (κ3) is 2.89. The Bertz CT molecular complexity index is 377. The van der Waals surface area contributed by atoms with Crippen LogP contribution in [0, 0.1) is 0 Å². The molecule has 0 unspecified atom stereocenters. The molecule has 0 aromatic heterocycles. The topological polar surface area (TPSA) is 32.3 Å². The van der Waals surface area contributed by atoms with Crippen molar-refractivity contribution >= 4 is 23.2 Å². The predicted octanol–water partition coefficient (Wildman–Crippen LogP) is 3.00. The molecule has 1 aliphatic rings. The van der Waals surface area contributed by atoms with Crippen LogP contribution in [0.25, 0.3) is 0 Å². The van der Waals surface area contributed by atoms with Crippen molar-refractivity contribution in [2.24, 2.45) is 0 Å². The number of rotatable bonds is 4. The van der Waals surface area contributed by atoms with Crippen molar-refractivity contribution in [1.82, 2.24) is 5.32 Å². The zero-order valence-electron chi connectivity index (χ0n) is 8.97. The first-order valence-corrected chi connectivity index (χ1v) is 6.22. The van der Waals surface area contributed by atoms with E-state index in [0.29, 0.717) is 23.1 Å². The molecule has 1 aliphatic carbocycles. The van der Waals surface area contributed by atoms with E-state index in [9.17, 15) is 5.11 Å². The zero-order valence-corrected chi connectivity index (χ0v) is 10.5. The zero-order chi connectivity index (χ0) is 11.6. The van der Waals surface area contributed by atoms with Gasteiger partial charge in [0.2, 0.25) is 0 Å². The molecule has 1 saturated carbocycles. The third-order valence-electron chi connectivity index (χ3n) is 3.05. The smallest absolute Gasteiger partial charge is 0.0771 e. The van der Waals surface area contributed by atoms with Crippen molar-refractivity contribution < 1.29 is 5.11 Å². The Morgan fingerprint density at radius 2 is 2.00 bits per heavy atom. The molecule has 1 aromatic carbocycles. The molecule has 0 bridgehead atoms. The molecule has 0 spiro atoms. The monoisotopic (exact) mass is 259 g/mol. The van der Waals surface area contributed by atoms with Crippen LogP contribution in [0.15, 0.2) is 18.2 Å². The van der Waals surface area contributed by atoms with Gasteiger partial charge in [0.05, 0.1) is 15.6 Å². The second-order valence-corrected chi connectivity index (χ2v) is 5.24. The summed E-state index contributed by atoms with van der Waals surface area (Å²) in [6.45, 7) is 1.35. The fraction of sp³-hybridized carbons (Fsp3) is 0.500. The van der Waals surface area contributed by atoms with Crippen LogP contribution in [-0.2, 0) is 6.54 Å². The molecule has 4 heteroatoms. The fourth-order valence-corrected chi connectivity index (χ4v) is 2.17. The molecule has 88 valence electrons. The third-order valence-corrected chi connectivity index (χ3v) is 3.79. The van der Waals surface area contributed by atoms with Crippen molar-refractivity contribution in [2.45, 2.75) is 31.4 Å². The summed E-state index contributed by atoms with van der Waals surface area (Å²) in [7, 11) is 0. The maximum absolute atomic E-state index is 9.88. The lowest BCUT2D eigenvalue weighted by molar-refractivity contribution is -0.0314. The van der Waals surface area contributed by atoms with Gasteiger partial charge in [0, 0.05) is 13.1 Å². The van der Waals surface area contributed by atoms with E-state index in [1.165, 1.54) is 0 Å². The highest BCUT2D eigenvalue weighted by Crippen LogP contribution is 2.30. The molecule has 2 rings (SSSR count). The van der Waals surface area contributed by atoms with Gasteiger partial charge < -0.3 is 10.4 Å². The molecule has 0 aliphatic heterocycles. The van der Waals surface area contributed by atoms with Crippen molar-refractivity contribution in [3.05, 3.63) is 33.8 Å². The number of nitrogens with one attached hydrogen (secondary N) is 1. The highest BCUT2D eigenvalue weighted by Gasteiger charge is 2.33. The highest BCUT2D eigenvalue weighted by atomic mass is 35.5. The van der Waals surface area contributed by atoms with Crippen molar-refractivity contribution in [1.29, 1.82) is 0 Å². The van der Waals surface area contributed by atoms with Crippen LogP contribution in [0.3, 0.4) is 0 Å². The van der Waals surface area contributed by atoms with E-state index >= 15 is 0 Å². The predicted molar refractivity (Wildman–Crippen MR) is 67.0 cm³/mol. The Balaban J connectivity index is 1.83. The average Bonchev–Trinajstić information content (AvgIpc) is 2.21. The molecule has 0 heterocycles. The van der Waals surface area contributed by atoms with Crippen LogP contribution in [-0.4, -0.2) is 17.3 Å². The largest absolute Gasteiger partial charge is 0.389 e. The molecule has 1 fully saturated rings. The Hall–Kier alpha value is -0.280. The van der Waals surface area contributed by atoms with Gasteiger partial charge in [-0.1, -0.05) is 29.3 Å². The van der Waals surface area contributed by atoms with E-state index in [0.717, 1.165) is 24.8 Å². The summed E-state index contributed by atoms with van der Waals surface area (Å²) in [5.41, 5.74) is 0.605. The fourth-order valence-electron chi connectivity index (χ4n) is 1.85. The van der Waals surface area contributed by atoms with E-state index < -0.39 is 5.60 Å². The lowest BCUT2D eigenvalue weighted by atomic mass is 9.80. The summed E-state index contributed by atoms with van der Waals surface area (Å²) >= 11 is 11.7. The van der Waals surface area contributed by atoms with E-state index in [4.69, 9.17) is 23.2 Å². The lowest BCUT2D eigenvalue weighted by Gasteiger charge is -2.36. The number of hydrogen-bond donors (Lipinski definition) is 2. The van der Waals surface area contributed by atoms with Gasteiger partial charge in [-0.15, -0.1) is 0 Å². The van der Waals surface area contributed by atoms with Gasteiger partial charge in [-0.25, -0.2) is 0 Å². The van der Waals surface area contributed by atoms with E-state index in [1.807, 2.05) is 12.1 Å². The normalized spacial score (nSPS) is 18.2. The van der Waals surface area contributed by atoms with E-state index in [2.05, 4.69) is 5.32 Å². The highest BCUT2D eigenvalue weighted by molar-refractivity contribution is 6.42. The maximum atomic E-state index is 9.88. The van der Waals surface area contributed by atoms with E-state index in [-0.39, 0.29) is 0 Å². The van der Waals surface area contributed by atoms with Gasteiger partial charge in [0.25, 0.3) is 0 Å². The SMILES string of the molecule is OC1(CNCc2ccc(Cl)c(Cl)c2)CCC1. The van der Waals surface area contributed by atoms with Crippen molar-refractivity contribution in [3.8, 4) is 0 Å². The van der Waals surface area contributed by atoms with Crippen LogP contribution in [0.2, 0.25) is 10.0 Å². The second kappa shape index (κ2) is 4.92. The Morgan fingerprint density at radius 3 is 2.56 bits per heavy atom. The summed E-state index contributed by atoms with van der Waals surface area (Å²) in [5, 5.41) is 14.3. The number of hydrogen-bond acceptors (Lipinski definition) is 2. The molecule has 2 nitrogen and oxygen atoms in total. The minimum Gasteiger partial charge on any atom is -0.389 e. The minimum atomic E-state index is -0.476. The number of aliphatic hydroxyl groups is 1. The lowest BCUT2D eigenvalue weighted by Crippen LogP contribution is -2.45. The van der Waals surface area contributed by atoms with Gasteiger partial charge >= 0.3 is 0 Å². The molecule has 0 atom stereocenters. The van der Waals surface area contributed by atoms with Gasteiger partial charge in [-0.2, -0.15) is 0 Å². The van der Waals surface area contributed by atoms with E-state index in [1.54, 1.807) is 6.07 Å². The molecule has 1 aromatic rings. The van der Waals surface area contributed by atoms with Gasteiger partial charge in [-0.3, -0.25) is 0 Å². The molecule has 16 heavy (non-hydrogen) atoms. The first-order chi connectivity index (χ1) is 7.59. The van der Waals surface area contributed by atoms with Crippen LogP contribution in [0.1, 0.15) is 24.8 Å². The quantitative estimate of drug-likeness (QED) is 0.872. The summed E-state index contributed by atoms with van der Waals surface area (Å²) in [6.07, 6.45) is 2.94. The minimum absolute atomic E-state index is 0.476. The molecular weight excluding hydrogens is 245 g/mol. The van der Waals surface area contributed by atoms with Crippen LogP contribution >= 0.6 is 23.2 Å². The van der Waals surface area contributed by atoms with Gasteiger partial charge in [0.1, 0.15) is 0 Å². The summed E-state index contributed by atoms with van der Waals surface area (Å²) in [6, 6.07) is 5.58. The number of halogens is 2. The van der Waals surface area contributed by atoms with Crippen LogP contribution in [0.4, 0.5) is 0 Å². The Labute approximate surface area is 106 Å². The molecule has 0 amide bonds. The summed E-state index contributed by atoms with van der Waals surface area (Å²) in [4.78, 5) is 0. The summed E-state index contributed by atoms with van der Waals surface area (Å²) < 4.78 is 0. The molecular formula is C12H15Cl2NO. The molecule has 0 radical (unpaired) electrons. The number of benzene rings is 1. The van der Waals surface area contributed by atoms with Crippen LogP contribution < -0.4 is 5.32 Å². The first kappa shape index (κ1) is 12.2. The van der Waals surface area contributed by atoms with Crippen LogP contribution in [0.5, 0.6) is 0 Å². The van der Waals surface area contributed by atoms with Crippen molar-refractivity contribution in [3.63, 3.8) is 0 Å². The van der Waals surface area contributed by atoms with Gasteiger partial charge in [-0.05, 0) is 37.0 Å². The standard InChI is InChI=1S/C12H15Cl2NO/c13-10-3-2-9(6-11(10)14)7-15-8-12(16)4-1-5-12/h2-3,6,15-16H,1,4-5,7-8H2. The van der Waals surface area contributed by atoms with Gasteiger partial charge in [0.15, 0.2) is 0 Å². The van der Waals surface area contributed by atoms with Crippen molar-refractivity contribution in [2.75, 3.05) is 6.54 Å². The first-order valence-electron chi connectivity index (χ1n) is 5.46. The Morgan fingerprint density at radius 1 is 1.25 bits per heavy atom. The maximum Gasteiger partial charge on any atom is 0.0771 e.